The van der Waals surface area contributed by atoms with Gasteiger partial charge in [0.05, 0.1) is 13.0 Å². The molecule has 0 fully saturated rings. The Hall–Kier alpha value is -1.77. The Morgan fingerprint density at radius 2 is 2.41 bits per heavy atom. The summed E-state index contributed by atoms with van der Waals surface area (Å²) in [6.45, 7) is 3.28. The average molecular weight is 231 g/mol. The van der Waals surface area contributed by atoms with Gasteiger partial charge in [0.2, 0.25) is 0 Å². The first-order chi connectivity index (χ1) is 8.29. The fraction of sp³-hybridized carbons (Fsp3) is 0.357. The lowest BCUT2D eigenvalue weighted by Gasteiger charge is -2.00. The maximum Gasteiger partial charge on any atom is 0.309 e. The summed E-state index contributed by atoms with van der Waals surface area (Å²) in [5.74, 6) is -0.174. The maximum absolute atomic E-state index is 11.1. The van der Waals surface area contributed by atoms with Gasteiger partial charge >= 0.3 is 5.97 Å². The number of hydrogen-bond donors (Lipinski definition) is 1. The van der Waals surface area contributed by atoms with Crippen molar-refractivity contribution in [2.24, 2.45) is 0 Å². The summed E-state index contributed by atoms with van der Waals surface area (Å²) in [5.41, 5.74) is 3.72. The number of carbonyl (C=O) groups excluding carboxylic acids is 1. The van der Waals surface area contributed by atoms with Crippen molar-refractivity contribution < 1.29 is 9.53 Å². The highest BCUT2D eigenvalue weighted by atomic mass is 16.5. The van der Waals surface area contributed by atoms with Crippen LogP contribution in [-0.4, -0.2) is 19.1 Å². The lowest BCUT2D eigenvalue weighted by Crippen LogP contribution is -2.01. The topological polar surface area (TPSA) is 38.3 Å². The molecular formula is C14H17NO2. The number of nitrogens with one attached hydrogen (secondary N) is 1. The van der Waals surface area contributed by atoms with Crippen molar-refractivity contribution in [1.29, 1.82) is 0 Å². The van der Waals surface area contributed by atoms with Crippen LogP contribution in [0.15, 0.2) is 24.3 Å². The highest BCUT2D eigenvalue weighted by molar-refractivity contribution is 5.73. The van der Waals surface area contributed by atoms with Crippen molar-refractivity contribution in [3.8, 4) is 0 Å². The summed E-state index contributed by atoms with van der Waals surface area (Å²) in [7, 11) is 0. The lowest BCUT2D eigenvalue weighted by atomic mass is 10.1. The van der Waals surface area contributed by atoms with Gasteiger partial charge in [-0.05, 0) is 36.6 Å². The molecule has 0 amide bonds. The fourth-order valence-electron chi connectivity index (χ4n) is 1.94. The minimum atomic E-state index is -0.174. The van der Waals surface area contributed by atoms with Crippen LogP contribution >= 0.6 is 0 Å². The molecule has 0 aliphatic carbocycles. The average Bonchev–Trinajstić information content (AvgIpc) is 2.76. The van der Waals surface area contributed by atoms with Crippen LogP contribution in [0.5, 0.6) is 0 Å². The van der Waals surface area contributed by atoms with Crippen LogP contribution in [0, 0.1) is 0 Å². The first kappa shape index (κ1) is 11.7. The van der Waals surface area contributed by atoms with Gasteiger partial charge in [-0.1, -0.05) is 18.2 Å². The van der Waals surface area contributed by atoms with Gasteiger partial charge in [-0.25, -0.2) is 0 Å². The third-order valence-electron chi connectivity index (χ3n) is 2.74. The summed E-state index contributed by atoms with van der Waals surface area (Å²) in [6.07, 6.45) is 5.23. The van der Waals surface area contributed by atoms with Gasteiger partial charge in [0.1, 0.15) is 0 Å². The molecule has 2 rings (SSSR count). The van der Waals surface area contributed by atoms with Crippen molar-refractivity contribution in [1.82, 2.24) is 0 Å². The van der Waals surface area contributed by atoms with Gasteiger partial charge in [-0.3, -0.25) is 4.79 Å². The molecule has 0 spiro atoms. The molecule has 1 aliphatic heterocycles. The number of carbonyl (C=O) groups is 1. The zero-order chi connectivity index (χ0) is 12.1. The molecule has 0 bridgehead atoms. The van der Waals surface area contributed by atoms with E-state index in [1.165, 1.54) is 11.3 Å². The number of rotatable bonds is 4. The Morgan fingerprint density at radius 3 is 3.24 bits per heavy atom. The molecule has 0 aromatic heterocycles. The first-order valence-corrected chi connectivity index (χ1v) is 5.98. The highest BCUT2D eigenvalue weighted by Crippen LogP contribution is 2.23. The molecule has 0 saturated carbocycles. The van der Waals surface area contributed by atoms with Crippen LogP contribution in [0.2, 0.25) is 0 Å². The molecule has 1 heterocycles. The molecule has 3 nitrogen and oxygen atoms in total. The van der Waals surface area contributed by atoms with E-state index in [4.69, 9.17) is 4.74 Å². The van der Waals surface area contributed by atoms with Gasteiger partial charge in [0.25, 0.3) is 0 Å². The van der Waals surface area contributed by atoms with Crippen LogP contribution in [0.25, 0.3) is 6.08 Å². The molecule has 0 atom stereocenters. The Labute approximate surface area is 101 Å². The second-order valence-corrected chi connectivity index (χ2v) is 4.00. The molecule has 0 radical (unpaired) electrons. The maximum atomic E-state index is 11.1. The van der Waals surface area contributed by atoms with Crippen molar-refractivity contribution in [3.63, 3.8) is 0 Å². The van der Waals surface area contributed by atoms with Crippen LogP contribution in [0.3, 0.4) is 0 Å². The quantitative estimate of drug-likeness (QED) is 0.809. The first-order valence-electron chi connectivity index (χ1n) is 5.98. The third-order valence-corrected chi connectivity index (χ3v) is 2.74. The van der Waals surface area contributed by atoms with Crippen LogP contribution in [0.1, 0.15) is 24.5 Å². The number of esters is 1. The minimum Gasteiger partial charge on any atom is -0.466 e. The Balaban J connectivity index is 1.95. The number of anilines is 1. The van der Waals surface area contributed by atoms with E-state index in [9.17, 15) is 4.79 Å². The number of ether oxygens (including phenoxy) is 1. The number of fused-ring (bicyclic) bond motifs is 1. The van der Waals surface area contributed by atoms with E-state index < -0.39 is 0 Å². The summed E-state index contributed by atoms with van der Waals surface area (Å²) < 4.78 is 4.85. The summed E-state index contributed by atoms with van der Waals surface area (Å²) in [6, 6.07) is 6.31. The monoisotopic (exact) mass is 231 g/mol. The highest BCUT2D eigenvalue weighted by Gasteiger charge is 2.08. The molecule has 3 heteroatoms. The van der Waals surface area contributed by atoms with E-state index >= 15 is 0 Å². The molecule has 0 unspecified atom stereocenters. The van der Waals surface area contributed by atoms with E-state index in [0.717, 1.165) is 18.5 Å². The molecular weight excluding hydrogens is 214 g/mol. The zero-order valence-corrected chi connectivity index (χ0v) is 10.0. The van der Waals surface area contributed by atoms with Crippen molar-refractivity contribution in [2.45, 2.75) is 19.8 Å². The van der Waals surface area contributed by atoms with Gasteiger partial charge < -0.3 is 10.1 Å². The molecule has 1 aromatic carbocycles. The second kappa shape index (κ2) is 5.53. The zero-order valence-electron chi connectivity index (χ0n) is 10.0. The van der Waals surface area contributed by atoms with E-state index in [2.05, 4.69) is 23.5 Å². The van der Waals surface area contributed by atoms with Gasteiger partial charge in [-0.2, -0.15) is 0 Å². The van der Waals surface area contributed by atoms with Crippen molar-refractivity contribution in [2.75, 3.05) is 18.5 Å². The summed E-state index contributed by atoms with van der Waals surface area (Å²) in [4.78, 5) is 11.1. The second-order valence-electron chi connectivity index (χ2n) is 4.00. The number of benzene rings is 1. The van der Waals surface area contributed by atoms with E-state index in [-0.39, 0.29) is 5.97 Å². The molecule has 1 aliphatic rings. The van der Waals surface area contributed by atoms with E-state index in [1.54, 1.807) is 0 Å². The SMILES string of the molecule is CCOC(=O)CC=Cc1ccc2c(c1)CCN2. The minimum absolute atomic E-state index is 0.174. The predicted molar refractivity (Wildman–Crippen MR) is 68.9 cm³/mol. The van der Waals surface area contributed by atoms with Crippen molar-refractivity contribution in [3.05, 3.63) is 35.4 Å². The Bertz CT molecular complexity index is 438. The van der Waals surface area contributed by atoms with Crippen LogP contribution < -0.4 is 5.32 Å². The predicted octanol–water partition coefficient (Wildman–Crippen LogP) is 2.62. The third kappa shape index (κ3) is 3.09. The largest absolute Gasteiger partial charge is 0.466 e. The molecule has 17 heavy (non-hydrogen) atoms. The standard InChI is InChI=1S/C14H17NO2/c1-2-17-14(16)5-3-4-11-6-7-13-12(10-11)8-9-15-13/h3-4,6-7,10,15H,2,5,8-9H2,1H3. The number of hydrogen-bond acceptors (Lipinski definition) is 3. The molecule has 0 saturated heterocycles. The van der Waals surface area contributed by atoms with Gasteiger partial charge in [0, 0.05) is 12.2 Å². The van der Waals surface area contributed by atoms with E-state index in [0.29, 0.717) is 13.0 Å². The molecule has 90 valence electrons. The van der Waals surface area contributed by atoms with Gasteiger partial charge in [0.15, 0.2) is 0 Å². The Kier molecular flexibility index (Phi) is 3.81. The van der Waals surface area contributed by atoms with E-state index in [1.807, 2.05) is 19.1 Å². The molecule has 1 aromatic rings. The van der Waals surface area contributed by atoms with Crippen molar-refractivity contribution >= 4 is 17.7 Å². The van der Waals surface area contributed by atoms with Crippen LogP contribution in [0.4, 0.5) is 5.69 Å². The molecule has 1 N–H and O–H groups in total. The van der Waals surface area contributed by atoms with Crippen LogP contribution in [-0.2, 0) is 16.0 Å². The Morgan fingerprint density at radius 1 is 1.53 bits per heavy atom. The normalized spacial score (nSPS) is 13.5. The lowest BCUT2D eigenvalue weighted by molar-refractivity contribution is -0.142. The summed E-state index contributed by atoms with van der Waals surface area (Å²) in [5, 5.41) is 3.32. The fourth-order valence-corrected chi connectivity index (χ4v) is 1.94. The smallest absolute Gasteiger partial charge is 0.309 e. The van der Waals surface area contributed by atoms with Gasteiger partial charge in [-0.15, -0.1) is 0 Å². The summed E-state index contributed by atoms with van der Waals surface area (Å²) >= 11 is 0.